The lowest BCUT2D eigenvalue weighted by Gasteiger charge is -2.07. The van der Waals surface area contributed by atoms with E-state index in [-0.39, 0.29) is 12.3 Å². The lowest BCUT2D eigenvalue weighted by atomic mass is 10.2. The number of nitrogens with zero attached hydrogens (tertiary/aromatic N) is 2. The predicted octanol–water partition coefficient (Wildman–Crippen LogP) is 3.89. The molecular formula is C19H14BrN3O6S. The molecule has 154 valence electrons. The number of ether oxygens (including phenoxy) is 2. The van der Waals surface area contributed by atoms with E-state index in [1.54, 1.807) is 30.3 Å². The van der Waals surface area contributed by atoms with Crippen LogP contribution in [0.5, 0.6) is 5.75 Å². The Labute approximate surface area is 182 Å². The van der Waals surface area contributed by atoms with E-state index in [4.69, 9.17) is 4.74 Å². The number of nitrogens with one attached hydrogen (secondary N) is 1. The van der Waals surface area contributed by atoms with Crippen LogP contribution in [-0.4, -0.2) is 36.7 Å². The second kappa shape index (κ2) is 9.46. The Hall–Kier alpha value is -3.31. The molecule has 3 rings (SSSR count). The van der Waals surface area contributed by atoms with Crippen molar-refractivity contribution in [1.82, 2.24) is 5.43 Å². The average Bonchev–Trinajstić information content (AvgIpc) is 3.16. The summed E-state index contributed by atoms with van der Waals surface area (Å²) in [5, 5.41) is 15.4. The first-order valence-corrected chi connectivity index (χ1v) is 9.99. The largest absolute Gasteiger partial charge is 0.481 e. The fraction of sp³-hybridized carbons (Fsp3) is 0.105. The minimum atomic E-state index is -0.494. The molecule has 0 unspecified atom stereocenters. The van der Waals surface area contributed by atoms with Crippen molar-refractivity contribution in [3.05, 3.63) is 67.5 Å². The highest BCUT2D eigenvalue weighted by Gasteiger charge is 2.13. The third-order valence-electron chi connectivity index (χ3n) is 3.84. The van der Waals surface area contributed by atoms with Crippen molar-refractivity contribution in [2.75, 3.05) is 13.7 Å². The van der Waals surface area contributed by atoms with Gasteiger partial charge in [0.15, 0.2) is 6.61 Å². The number of amides is 1. The van der Waals surface area contributed by atoms with E-state index in [1.807, 2.05) is 0 Å². The monoisotopic (exact) mass is 491 g/mol. The number of hydrogen-bond donors (Lipinski definition) is 1. The van der Waals surface area contributed by atoms with Crippen LogP contribution in [0.25, 0.3) is 10.1 Å². The second-order valence-corrected chi connectivity index (χ2v) is 7.78. The molecule has 0 saturated heterocycles. The summed E-state index contributed by atoms with van der Waals surface area (Å²) >= 11 is 4.56. The topological polar surface area (TPSA) is 120 Å². The van der Waals surface area contributed by atoms with Gasteiger partial charge >= 0.3 is 5.97 Å². The van der Waals surface area contributed by atoms with Gasteiger partial charge in [0.25, 0.3) is 11.6 Å². The lowest BCUT2D eigenvalue weighted by molar-refractivity contribution is -0.384. The summed E-state index contributed by atoms with van der Waals surface area (Å²) in [6.07, 6.45) is 1.45. The molecule has 1 heterocycles. The number of esters is 1. The number of carbonyl (C=O) groups excluding carboxylic acids is 2. The van der Waals surface area contributed by atoms with Crippen molar-refractivity contribution in [1.29, 1.82) is 0 Å². The number of non-ortho nitro benzene ring substituents is 1. The maximum Gasteiger partial charge on any atom is 0.343 e. The van der Waals surface area contributed by atoms with Gasteiger partial charge in [-0.3, -0.25) is 14.9 Å². The third kappa shape index (κ3) is 5.19. The number of rotatable bonds is 7. The summed E-state index contributed by atoms with van der Waals surface area (Å²) in [5.74, 6) is -0.459. The van der Waals surface area contributed by atoms with Crippen LogP contribution in [0, 0.1) is 10.1 Å². The third-order valence-corrected chi connectivity index (χ3v) is 5.58. The van der Waals surface area contributed by atoms with E-state index >= 15 is 0 Å². The minimum Gasteiger partial charge on any atom is -0.481 e. The fourth-order valence-electron chi connectivity index (χ4n) is 2.39. The maximum absolute atomic E-state index is 12.3. The van der Waals surface area contributed by atoms with Gasteiger partial charge in [0, 0.05) is 22.2 Å². The van der Waals surface area contributed by atoms with E-state index in [2.05, 4.69) is 31.2 Å². The molecule has 1 amide bonds. The normalized spacial score (nSPS) is 10.9. The zero-order valence-corrected chi connectivity index (χ0v) is 17.9. The minimum absolute atomic E-state index is 0.0325. The molecule has 2 aromatic carbocycles. The van der Waals surface area contributed by atoms with Crippen LogP contribution in [0.15, 0.2) is 52.0 Å². The molecule has 30 heavy (non-hydrogen) atoms. The zero-order chi connectivity index (χ0) is 21.7. The second-order valence-electron chi connectivity index (χ2n) is 5.84. The van der Waals surface area contributed by atoms with Crippen molar-refractivity contribution in [3.63, 3.8) is 0 Å². The first kappa shape index (κ1) is 21.4. The molecule has 0 aliphatic heterocycles. The van der Waals surface area contributed by atoms with Crippen LogP contribution in [-0.2, 0) is 9.53 Å². The number of thiophene rings is 1. The highest BCUT2D eigenvalue weighted by Crippen LogP contribution is 2.29. The summed E-state index contributed by atoms with van der Waals surface area (Å²) < 4.78 is 11.2. The molecule has 1 N–H and O–H groups in total. The molecule has 1 aromatic heterocycles. The van der Waals surface area contributed by atoms with Gasteiger partial charge in [0.05, 0.1) is 27.6 Å². The maximum atomic E-state index is 12.3. The van der Waals surface area contributed by atoms with Gasteiger partial charge in [-0.1, -0.05) is 0 Å². The van der Waals surface area contributed by atoms with Gasteiger partial charge in [0.2, 0.25) is 0 Å². The van der Waals surface area contributed by atoms with Gasteiger partial charge in [0.1, 0.15) is 5.75 Å². The van der Waals surface area contributed by atoms with Crippen LogP contribution in [0.1, 0.15) is 15.2 Å². The Kier molecular flexibility index (Phi) is 6.75. The first-order valence-electron chi connectivity index (χ1n) is 8.38. The Balaban J connectivity index is 1.64. The summed E-state index contributed by atoms with van der Waals surface area (Å²) in [7, 11) is 1.28. The summed E-state index contributed by atoms with van der Waals surface area (Å²) in [6.45, 7) is -0.211. The number of hydrazone groups is 1. The van der Waals surface area contributed by atoms with E-state index < -0.39 is 16.8 Å². The highest BCUT2D eigenvalue weighted by molar-refractivity contribution is 9.10. The van der Waals surface area contributed by atoms with E-state index in [0.717, 1.165) is 4.70 Å². The summed E-state index contributed by atoms with van der Waals surface area (Å²) in [6, 6.07) is 11.1. The summed E-state index contributed by atoms with van der Waals surface area (Å²) in [4.78, 5) is 34.2. The number of methoxy groups -OCH3 is 1. The predicted molar refractivity (Wildman–Crippen MR) is 115 cm³/mol. The number of benzene rings is 2. The van der Waals surface area contributed by atoms with Gasteiger partial charge in [-0.05, 0) is 51.8 Å². The van der Waals surface area contributed by atoms with Crippen molar-refractivity contribution in [3.8, 4) is 5.75 Å². The van der Waals surface area contributed by atoms with E-state index in [9.17, 15) is 19.7 Å². The molecule has 0 bridgehead atoms. The van der Waals surface area contributed by atoms with Gasteiger partial charge in [-0.2, -0.15) is 5.10 Å². The van der Waals surface area contributed by atoms with E-state index in [1.165, 1.54) is 36.8 Å². The number of hydrogen-bond acceptors (Lipinski definition) is 8. The SMILES string of the molecule is COC(=O)COc1ccc(C=NNC(=O)c2cc3cc([N+](=O)[O-])ccc3s2)cc1Br. The quantitative estimate of drug-likeness (QED) is 0.231. The number of halogens is 1. The smallest absolute Gasteiger partial charge is 0.343 e. The Morgan fingerprint density at radius 2 is 2.07 bits per heavy atom. The van der Waals surface area contributed by atoms with Gasteiger partial charge in [-0.15, -0.1) is 11.3 Å². The highest BCUT2D eigenvalue weighted by atomic mass is 79.9. The molecule has 0 fully saturated rings. The van der Waals surface area contributed by atoms with Crippen molar-refractivity contribution < 1.29 is 24.0 Å². The Morgan fingerprint density at radius 1 is 1.27 bits per heavy atom. The molecule has 0 aliphatic carbocycles. The number of carbonyl (C=O) groups is 2. The van der Waals surface area contributed by atoms with Crippen molar-refractivity contribution in [2.45, 2.75) is 0 Å². The van der Waals surface area contributed by atoms with Crippen LogP contribution in [0.4, 0.5) is 5.69 Å². The van der Waals surface area contributed by atoms with Crippen LogP contribution >= 0.6 is 27.3 Å². The molecule has 9 nitrogen and oxygen atoms in total. The zero-order valence-electron chi connectivity index (χ0n) is 15.5. The van der Waals surface area contributed by atoms with E-state index in [0.29, 0.717) is 26.0 Å². The lowest BCUT2D eigenvalue weighted by Crippen LogP contribution is -2.16. The molecule has 0 aliphatic rings. The van der Waals surface area contributed by atoms with Crippen LogP contribution in [0.3, 0.4) is 0 Å². The van der Waals surface area contributed by atoms with Crippen LogP contribution in [0.2, 0.25) is 0 Å². The molecule has 0 spiro atoms. The van der Waals surface area contributed by atoms with Gasteiger partial charge in [-0.25, -0.2) is 10.2 Å². The molecular weight excluding hydrogens is 478 g/mol. The molecule has 11 heteroatoms. The fourth-order valence-corrected chi connectivity index (χ4v) is 3.83. The van der Waals surface area contributed by atoms with Crippen molar-refractivity contribution >= 4 is 61.1 Å². The summed E-state index contributed by atoms with van der Waals surface area (Å²) in [5.41, 5.74) is 3.07. The Bertz CT molecular complexity index is 1160. The molecule has 0 atom stereocenters. The number of nitro groups is 1. The average molecular weight is 492 g/mol. The van der Waals surface area contributed by atoms with Crippen molar-refractivity contribution in [2.24, 2.45) is 5.10 Å². The number of nitro benzene ring substituents is 1. The molecule has 0 radical (unpaired) electrons. The molecule has 0 saturated carbocycles. The van der Waals surface area contributed by atoms with Crippen LogP contribution < -0.4 is 10.2 Å². The number of fused-ring (bicyclic) bond motifs is 1. The molecule has 3 aromatic rings. The standard InChI is InChI=1S/C19H14BrN3O6S/c1-28-18(24)10-29-15-4-2-11(6-14(15)20)9-21-22-19(25)17-8-12-7-13(23(26)27)3-5-16(12)30-17/h2-9H,10H2,1H3,(H,22,25). The Morgan fingerprint density at radius 3 is 2.77 bits per heavy atom. The van der Waals surface area contributed by atoms with Gasteiger partial charge < -0.3 is 9.47 Å². The first-order chi connectivity index (χ1) is 14.4.